The summed E-state index contributed by atoms with van der Waals surface area (Å²) in [6, 6.07) is 6.26. The van der Waals surface area contributed by atoms with E-state index in [-0.39, 0.29) is 37.4 Å². The Kier molecular flexibility index (Phi) is 7.10. The summed E-state index contributed by atoms with van der Waals surface area (Å²) < 4.78 is -1.21. The summed E-state index contributed by atoms with van der Waals surface area (Å²) >= 11 is 8.06. The first-order valence-corrected chi connectivity index (χ1v) is 13.0. The number of hydrogen-bond donors (Lipinski definition) is 1. The number of anilines is 1. The normalized spacial score (nSPS) is 30.8. The third-order valence-electron chi connectivity index (χ3n) is 7.62. The van der Waals surface area contributed by atoms with Crippen molar-refractivity contribution < 1.29 is 19.5 Å². The second-order valence-corrected chi connectivity index (χ2v) is 12.0. The Labute approximate surface area is 215 Å². The van der Waals surface area contributed by atoms with Crippen molar-refractivity contribution in [3.8, 4) is 0 Å². The van der Waals surface area contributed by atoms with E-state index in [1.165, 1.54) is 4.90 Å². The molecule has 1 aromatic rings. The zero-order valence-corrected chi connectivity index (χ0v) is 21.7. The van der Waals surface area contributed by atoms with Gasteiger partial charge < -0.3 is 19.8 Å². The maximum atomic E-state index is 14.3. The average Bonchev–Trinajstić information content (AvgIpc) is 3.39. The Hall–Kier alpha value is -2.29. The van der Waals surface area contributed by atoms with E-state index in [1.54, 1.807) is 65.0 Å². The van der Waals surface area contributed by atoms with Crippen molar-refractivity contribution in [1.29, 1.82) is 0 Å². The molecule has 3 aliphatic heterocycles. The maximum absolute atomic E-state index is 14.3. The molecule has 1 spiro atoms. The van der Waals surface area contributed by atoms with E-state index in [2.05, 4.69) is 13.2 Å². The van der Waals surface area contributed by atoms with E-state index in [0.717, 1.165) is 6.42 Å². The number of hydrogen-bond acceptors (Lipinski definition) is 5. The lowest BCUT2D eigenvalue weighted by molar-refractivity contribution is -0.144. The van der Waals surface area contributed by atoms with Gasteiger partial charge in [0.25, 0.3) is 5.91 Å². The number of nitrogens with zero attached hydrogens (tertiary/aromatic N) is 3. The van der Waals surface area contributed by atoms with Gasteiger partial charge in [-0.2, -0.15) is 0 Å². The molecule has 0 aromatic heterocycles. The topological polar surface area (TPSA) is 81.2 Å². The van der Waals surface area contributed by atoms with Crippen LogP contribution in [-0.4, -0.2) is 81.5 Å². The second-order valence-electron chi connectivity index (χ2n) is 9.68. The first-order chi connectivity index (χ1) is 16.7. The van der Waals surface area contributed by atoms with Gasteiger partial charge in [0.15, 0.2) is 0 Å². The molecule has 0 radical (unpaired) electrons. The molecule has 3 saturated heterocycles. The number of thioether (sulfide) groups is 1. The molecule has 0 saturated carbocycles. The van der Waals surface area contributed by atoms with Crippen molar-refractivity contribution in [2.24, 2.45) is 11.8 Å². The van der Waals surface area contributed by atoms with Gasteiger partial charge in [-0.25, -0.2) is 0 Å². The molecule has 188 valence electrons. The third-order valence-corrected chi connectivity index (χ3v) is 9.92. The number of aliphatic hydroxyl groups excluding tert-OH is 1. The SMILES string of the molecule is C=CCN(C)C(=O)[C@@H]1[C@H]2C(=O)N(CCO)C(C(=O)N(CC=C)c3ccccc3Cl)C23CC[C@@]1(C)S3. The molecule has 2 bridgehead atoms. The number of aliphatic hydroxyl groups is 1. The predicted molar refractivity (Wildman–Crippen MR) is 139 cm³/mol. The highest BCUT2D eigenvalue weighted by Gasteiger charge is 2.77. The van der Waals surface area contributed by atoms with E-state index >= 15 is 0 Å². The van der Waals surface area contributed by atoms with Gasteiger partial charge in [0.05, 0.1) is 33.9 Å². The Morgan fingerprint density at radius 3 is 2.54 bits per heavy atom. The highest BCUT2D eigenvalue weighted by molar-refractivity contribution is 8.02. The summed E-state index contributed by atoms with van der Waals surface area (Å²) in [5.41, 5.74) is 0.539. The number of amides is 3. The molecular formula is C26H32ClN3O4S. The Morgan fingerprint density at radius 2 is 1.91 bits per heavy atom. The molecule has 3 fully saturated rings. The molecule has 3 aliphatic rings. The van der Waals surface area contributed by atoms with Crippen LogP contribution in [0.2, 0.25) is 5.02 Å². The molecule has 5 atom stereocenters. The lowest BCUT2D eigenvalue weighted by atomic mass is 9.66. The third kappa shape index (κ3) is 3.90. The van der Waals surface area contributed by atoms with Crippen LogP contribution < -0.4 is 4.90 Å². The predicted octanol–water partition coefficient (Wildman–Crippen LogP) is 2.98. The Morgan fingerprint density at radius 1 is 1.23 bits per heavy atom. The molecule has 4 rings (SSSR count). The smallest absolute Gasteiger partial charge is 0.251 e. The van der Waals surface area contributed by atoms with E-state index in [1.807, 2.05) is 6.92 Å². The minimum atomic E-state index is -0.822. The summed E-state index contributed by atoms with van der Waals surface area (Å²) in [5.74, 6) is -1.80. The average molecular weight is 518 g/mol. The van der Waals surface area contributed by atoms with E-state index in [0.29, 0.717) is 23.7 Å². The fourth-order valence-corrected chi connectivity index (χ4v) is 8.79. The van der Waals surface area contributed by atoms with Gasteiger partial charge in [-0.15, -0.1) is 24.9 Å². The largest absolute Gasteiger partial charge is 0.395 e. The summed E-state index contributed by atoms with van der Waals surface area (Å²) in [4.78, 5) is 46.4. The standard InChI is InChI=1S/C26H32ClN3O4S/c1-5-13-28(4)22(32)19-20-23(33)30(15-16-31)21(26(20)12-11-25(19,3)35-26)24(34)29(14-6-2)18-10-8-7-9-17(18)27/h5-10,19-21,31H,1-2,11-16H2,3-4H3/t19-,20-,21?,25+,26?/m0/s1. The maximum Gasteiger partial charge on any atom is 0.251 e. The van der Waals surface area contributed by atoms with Crippen LogP contribution in [-0.2, 0) is 14.4 Å². The van der Waals surface area contributed by atoms with Crippen LogP contribution >= 0.6 is 23.4 Å². The zero-order chi connectivity index (χ0) is 25.5. The summed E-state index contributed by atoms with van der Waals surface area (Å²) in [5, 5.41) is 10.2. The second kappa shape index (κ2) is 9.64. The van der Waals surface area contributed by atoms with Crippen LogP contribution in [0.3, 0.4) is 0 Å². The van der Waals surface area contributed by atoms with Gasteiger partial charge in [-0.1, -0.05) is 35.9 Å². The summed E-state index contributed by atoms with van der Waals surface area (Å²) in [6.45, 7) is 9.92. The lowest BCUT2D eigenvalue weighted by Crippen LogP contribution is -2.55. The van der Waals surface area contributed by atoms with Crippen molar-refractivity contribution in [2.75, 3.05) is 38.2 Å². The fourth-order valence-electron chi connectivity index (χ4n) is 6.20. The fraction of sp³-hybridized carbons (Fsp3) is 0.500. The molecule has 0 aliphatic carbocycles. The van der Waals surface area contributed by atoms with Gasteiger partial charge in [-0.3, -0.25) is 14.4 Å². The van der Waals surface area contributed by atoms with Crippen molar-refractivity contribution in [3.63, 3.8) is 0 Å². The van der Waals surface area contributed by atoms with Crippen LogP contribution in [0.1, 0.15) is 19.8 Å². The number of halogens is 1. The number of likely N-dealkylation sites (N-methyl/N-ethyl adjacent to an activating group) is 1. The monoisotopic (exact) mass is 517 g/mol. The molecule has 2 unspecified atom stereocenters. The van der Waals surface area contributed by atoms with E-state index < -0.39 is 27.4 Å². The van der Waals surface area contributed by atoms with Crippen LogP contribution in [0.5, 0.6) is 0 Å². The molecule has 1 N–H and O–H groups in total. The molecule has 3 heterocycles. The van der Waals surface area contributed by atoms with Crippen LogP contribution in [0.25, 0.3) is 0 Å². The first kappa shape index (κ1) is 25.8. The minimum Gasteiger partial charge on any atom is -0.395 e. The first-order valence-electron chi connectivity index (χ1n) is 11.8. The number of para-hydroxylation sites is 1. The molecule has 9 heteroatoms. The molecule has 3 amide bonds. The summed E-state index contributed by atoms with van der Waals surface area (Å²) in [7, 11) is 1.72. The zero-order valence-electron chi connectivity index (χ0n) is 20.2. The van der Waals surface area contributed by atoms with Crippen molar-refractivity contribution in [1.82, 2.24) is 9.80 Å². The number of rotatable bonds is 9. The van der Waals surface area contributed by atoms with Gasteiger partial charge >= 0.3 is 0 Å². The number of benzene rings is 1. The quantitative estimate of drug-likeness (QED) is 0.509. The van der Waals surface area contributed by atoms with Gasteiger partial charge in [0, 0.05) is 31.4 Å². The van der Waals surface area contributed by atoms with E-state index in [4.69, 9.17) is 11.6 Å². The molecule has 1 aromatic carbocycles. The van der Waals surface area contributed by atoms with Crippen molar-refractivity contribution >= 4 is 46.8 Å². The van der Waals surface area contributed by atoms with Crippen LogP contribution in [0, 0.1) is 11.8 Å². The number of carbonyl (C=O) groups excluding carboxylic acids is 3. The molecule has 7 nitrogen and oxygen atoms in total. The molecular weight excluding hydrogens is 486 g/mol. The summed E-state index contributed by atoms with van der Waals surface area (Å²) in [6.07, 6.45) is 4.65. The number of likely N-dealkylation sites (tertiary alicyclic amines) is 1. The lowest BCUT2D eigenvalue weighted by Gasteiger charge is -2.37. The number of β-amino-alcohol motifs (C(OH)–C–C–N with tert-alkyl or cyclic N) is 1. The van der Waals surface area contributed by atoms with E-state index in [9.17, 15) is 19.5 Å². The highest BCUT2D eigenvalue weighted by Crippen LogP contribution is 2.71. The van der Waals surface area contributed by atoms with Gasteiger partial charge in [0.1, 0.15) is 6.04 Å². The number of fused-ring (bicyclic) bond motifs is 1. The highest BCUT2D eigenvalue weighted by atomic mass is 35.5. The number of carbonyl (C=O) groups is 3. The van der Waals surface area contributed by atoms with Crippen molar-refractivity contribution in [3.05, 3.63) is 54.6 Å². The van der Waals surface area contributed by atoms with Crippen molar-refractivity contribution in [2.45, 2.75) is 35.3 Å². The Bertz CT molecular complexity index is 1070. The van der Waals surface area contributed by atoms with Crippen LogP contribution in [0.4, 0.5) is 5.69 Å². The van der Waals surface area contributed by atoms with Gasteiger partial charge in [-0.05, 0) is 31.9 Å². The van der Waals surface area contributed by atoms with Crippen LogP contribution in [0.15, 0.2) is 49.6 Å². The molecule has 35 heavy (non-hydrogen) atoms. The van der Waals surface area contributed by atoms with Gasteiger partial charge in [0.2, 0.25) is 11.8 Å². The Balaban J connectivity index is 1.80. The minimum absolute atomic E-state index is 0.0264.